The minimum absolute atomic E-state index is 0.253. The second kappa shape index (κ2) is 7.74. The van der Waals surface area contributed by atoms with Crippen LogP contribution < -0.4 is 14.8 Å². The fourth-order valence-corrected chi connectivity index (χ4v) is 3.43. The molecule has 0 saturated carbocycles. The van der Waals surface area contributed by atoms with Gasteiger partial charge in [0.15, 0.2) is 11.5 Å². The van der Waals surface area contributed by atoms with E-state index in [-0.39, 0.29) is 5.91 Å². The quantitative estimate of drug-likeness (QED) is 0.856. The molecule has 0 aliphatic carbocycles. The maximum Gasteiger partial charge on any atom is 0.223 e. The van der Waals surface area contributed by atoms with Crippen molar-refractivity contribution in [1.29, 1.82) is 0 Å². The summed E-state index contributed by atoms with van der Waals surface area (Å²) in [5.74, 6) is 2.68. The van der Waals surface area contributed by atoms with Gasteiger partial charge in [-0.05, 0) is 18.2 Å². The standard InChI is InChI=1S/C16H22N2O3S/c19-16(18-7-5-17-6-8-18)4-11-22-13-2-3-14-15(12-13)21-10-1-9-20-14/h2-3,12,17H,1,4-11H2. The van der Waals surface area contributed by atoms with Crippen LogP contribution in [0.1, 0.15) is 12.8 Å². The number of hydrogen-bond donors (Lipinski definition) is 1. The van der Waals surface area contributed by atoms with Gasteiger partial charge in [0.25, 0.3) is 0 Å². The molecular weight excluding hydrogens is 300 g/mol. The van der Waals surface area contributed by atoms with Gasteiger partial charge < -0.3 is 19.7 Å². The molecule has 1 saturated heterocycles. The second-order valence-corrected chi connectivity index (χ2v) is 6.56. The van der Waals surface area contributed by atoms with Crippen molar-refractivity contribution in [3.05, 3.63) is 18.2 Å². The minimum atomic E-state index is 0.253. The average molecular weight is 322 g/mol. The van der Waals surface area contributed by atoms with Crippen LogP contribution >= 0.6 is 11.8 Å². The van der Waals surface area contributed by atoms with Crippen LogP contribution in [0.3, 0.4) is 0 Å². The summed E-state index contributed by atoms with van der Waals surface area (Å²) in [6.07, 6.45) is 1.50. The Balaban J connectivity index is 1.49. The molecule has 1 fully saturated rings. The summed E-state index contributed by atoms with van der Waals surface area (Å²) in [6, 6.07) is 6.01. The van der Waals surface area contributed by atoms with E-state index in [9.17, 15) is 4.79 Å². The summed E-state index contributed by atoms with van der Waals surface area (Å²) in [6.45, 7) is 4.87. The molecule has 0 aromatic heterocycles. The number of benzene rings is 1. The normalized spacial score (nSPS) is 17.9. The van der Waals surface area contributed by atoms with E-state index in [2.05, 4.69) is 5.32 Å². The Bertz CT molecular complexity index is 518. The van der Waals surface area contributed by atoms with Crippen LogP contribution in [-0.2, 0) is 4.79 Å². The third-order valence-corrected chi connectivity index (χ3v) is 4.77. The van der Waals surface area contributed by atoms with Crippen LogP contribution in [0, 0.1) is 0 Å². The van der Waals surface area contributed by atoms with Crippen LogP contribution in [0.15, 0.2) is 23.1 Å². The summed E-state index contributed by atoms with van der Waals surface area (Å²) in [7, 11) is 0. The highest BCUT2D eigenvalue weighted by molar-refractivity contribution is 7.99. The van der Waals surface area contributed by atoms with Crippen LogP contribution in [-0.4, -0.2) is 56.0 Å². The van der Waals surface area contributed by atoms with E-state index in [1.54, 1.807) is 11.8 Å². The highest BCUT2D eigenvalue weighted by Crippen LogP contribution is 2.34. The molecule has 2 heterocycles. The molecule has 3 rings (SSSR count). The number of carbonyl (C=O) groups is 1. The van der Waals surface area contributed by atoms with Gasteiger partial charge in [-0.25, -0.2) is 0 Å². The van der Waals surface area contributed by atoms with Gasteiger partial charge in [-0.3, -0.25) is 4.79 Å². The fraction of sp³-hybridized carbons (Fsp3) is 0.562. The maximum atomic E-state index is 12.1. The molecule has 22 heavy (non-hydrogen) atoms. The van der Waals surface area contributed by atoms with E-state index in [1.807, 2.05) is 23.1 Å². The lowest BCUT2D eigenvalue weighted by Gasteiger charge is -2.27. The molecule has 6 heteroatoms. The molecule has 120 valence electrons. The van der Waals surface area contributed by atoms with E-state index in [0.29, 0.717) is 19.6 Å². The summed E-state index contributed by atoms with van der Waals surface area (Å²) in [4.78, 5) is 15.2. The Kier molecular flexibility index (Phi) is 5.45. The highest BCUT2D eigenvalue weighted by Gasteiger charge is 2.16. The first-order valence-corrected chi connectivity index (χ1v) is 8.82. The number of nitrogens with one attached hydrogen (secondary N) is 1. The van der Waals surface area contributed by atoms with Gasteiger partial charge in [-0.1, -0.05) is 0 Å². The van der Waals surface area contributed by atoms with Gasteiger partial charge in [0.05, 0.1) is 13.2 Å². The molecule has 0 atom stereocenters. The van der Waals surface area contributed by atoms with Crippen molar-refractivity contribution >= 4 is 17.7 Å². The van der Waals surface area contributed by atoms with Crippen LogP contribution in [0.5, 0.6) is 11.5 Å². The van der Waals surface area contributed by atoms with Crippen molar-refractivity contribution in [2.75, 3.05) is 45.1 Å². The first kappa shape index (κ1) is 15.5. The number of rotatable bonds is 4. The molecule has 2 aliphatic heterocycles. The summed E-state index contributed by atoms with van der Waals surface area (Å²) >= 11 is 1.69. The van der Waals surface area contributed by atoms with E-state index in [4.69, 9.17) is 9.47 Å². The third-order valence-electron chi connectivity index (χ3n) is 3.77. The Morgan fingerprint density at radius 3 is 2.77 bits per heavy atom. The molecule has 5 nitrogen and oxygen atoms in total. The minimum Gasteiger partial charge on any atom is -0.490 e. The number of carbonyl (C=O) groups excluding carboxylic acids is 1. The van der Waals surface area contributed by atoms with Gasteiger partial charge >= 0.3 is 0 Å². The van der Waals surface area contributed by atoms with Crippen LogP contribution in [0.2, 0.25) is 0 Å². The van der Waals surface area contributed by atoms with Crippen molar-refractivity contribution in [3.8, 4) is 11.5 Å². The van der Waals surface area contributed by atoms with E-state index in [0.717, 1.165) is 54.7 Å². The molecular formula is C16H22N2O3S. The SMILES string of the molecule is O=C(CCSc1ccc2c(c1)OCCCO2)N1CCNCC1. The van der Waals surface area contributed by atoms with E-state index in [1.165, 1.54) is 0 Å². The monoisotopic (exact) mass is 322 g/mol. The lowest BCUT2D eigenvalue weighted by atomic mass is 10.3. The third kappa shape index (κ3) is 4.08. The largest absolute Gasteiger partial charge is 0.490 e. The topological polar surface area (TPSA) is 50.8 Å². The van der Waals surface area contributed by atoms with Gasteiger partial charge in [-0.2, -0.15) is 0 Å². The Morgan fingerprint density at radius 1 is 1.18 bits per heavy atom. The average Bonchev–Trinajstić information content (AvgIpc) is 2.80. The summed E-state index contributed by atoms with van der Waals surface area (Å²) in [5.41, 5.74) is 0. The number of amides is 1. The van der Waals surface area contributed by atoms with E-state index < -0.39 is 0 Å². The lowest BCUT2D eigenvalue weighted by Crippen LogP contribution is -2.46. The van der Waals surface area contributed by atoms with Crippen molar-refractivity contribution in [1.82, 2.24) is 10.2 Å². The van der Waals surface area contributed by atoms with Crippen LogP contribution in [0.25, 0.3) is 0 Å². The predicted molar refractivity (Wildman–Crippen MR) is 86.8 cm³/mol. The number of fused-ring (bicyclic) bond motifs is 1. The molecule has 2 aliphatic rings. The van der Waals surface area contributed by atoms with Crippen LogP contribution in [0.4, 0.5) is 0 Å². The van der Waals surface area contributed by atoms with Crippen molar-refractivity contribution < 1.29 is 14.3 Å². The Hall–Kier alpha value is -1.40. The molecule has 1 aromatic carbocycles. The van der Waals surface area contributed by atoms with Crippen molar-refractivity contribution in [3.63, 3.8) is 0 Å². The van der Waals surface area contributed by atoms with Gasteiger partial charge in [0, 0.05) is 49.7 Å². The van der Waals surface area contributed by atoms with E-state index >= 15 is 0 Å². The molecule has 0 bridgehead atoms. The molecule has 1 N–H and O–H groups in total. The number of nitrogens with zero attached hydrogens (tertiary/aromatic N) is 1. The van der Waals surface area contributed by atoms with Gasteiger partial charge in [0.2, 0.25) is 5.91 Å². The van der Waals surface area contributed by atoms with Crippen molar-refractivity contribution in [2.24, 2.45) is 0 Å². The van der Waals surface area contributed by atoms with Gasteiger partial charge in [0.1, 0.15) is 0 Å². The highest BCUT2D eigenvalue weighted by atomic mass is 32.2. The summed E-state index contributed by atoms with van der Waals surface area (Å²) < 4.78 is 11.3. The first-order chi connectivity index (χ1) is 10.8. The molecule has 0 spiro atoms. The number of hydrogen-bond acceptors (Lipinski definition) is 5. The van der Waals surface area contributed by atoms with Gasteiger partial charge in [-0.15, -0.1) is 11.8 Å². The number of thioether (sulfide) groups is 1. The number of ether oxygens (including phenoxy) is 2. The maximum absolute atomic E-state index is 12.1. The molecule has 0 unspecified atom stereocenters. The second-order valence-electron chi connectivity index (χ2n) is 5.39. The first-order valence-electron chi connectivity index (χ1n) is 7.84. The zero-order valence-corrected chi connectivity index (χ0v) is 13.5. The lowest BCUT2D eigenvalue weighted by molar-refractivity contribution is -0.131. The fourth-order valence-electron chi connectivity index (χ4n) is 2.56. The molecule has 1 aromatic rings. The Labute approximate surface area is 135 Å². The predicted octanol–water partition coefficient (Wildman–Crippen LogP) is 1.76. The zero-order chi connectivity index (χ0) is 15.2. The molecule has 0 radical (unpaired) electrons. The number of piperazine rings is 1. The smallest absolute Gasteiger partial charge is 0.223 e. The Morgan fingerprint density at radius 2 is 1.95 bits per heavy atom. The van der Waals surface area contributed by atoms with Crippen molar-refractivity contribution in [2.45, 2.75) is 17.7 Å². The molecule has 1 amide bonds. The summed E-state index contributed by atoms with van der Waals surface area (Å²) in [5, 5.41) is 3.26. The zero-order valence-electron chi connectivity index (χ0n) is 12.7.